The summed E-state index contributed by atoms with van der Waals surface area (Å²) >= 11 is 0. The van der Waals surface area contributed by atoms with Crippen LogP contribution >= 0.6 is 0 Å². The molecule has 0 aliphatic heterocycles. The van der Waals surface area contributed by atoms with Gasteiger partial charge in [0, 0.05) is 11.4 Å². The zero-order chi connectivity index (χ0) is 17.0. The Morgan fingerprint density at radius 2 is 2.09 bits per heavy atom. The van der Waals surface area contributed by atoms with Crippen LogP contribution in [0.5, 0.6) is 0 Å². The molecule has 0 saturated heterocycles. The number of carbonyl (C=O) groups excluding carboxylic acids is 1. The van der Waals surface area contributed by atoms with Gasteiger partial charge in [-0.05, 0) is 30.7 Å². The zero-order valence-corrected chi connectivity index (χ0v) is 13.5. The van der Waals surface area contributed by atoms with Crippen molar-refractivity contribution in [2.45, 2.75) is 19.8 Å². The minimum atomic E-state index is -3.62. The SMILES string of the molecule is CCCc1cc(C(=O)Nc2ccc(F)c(NS(C)(=O)=O)c2)n[nH]1. The third kappa shape index (κ3) is 4.78. The first-order valence-corrected chi connectivity index (χ1v) is 8.80. The quantitative estimate of drug-likeness (QED) is 0.749. The second-order valence-corrected chi connectivity index (χ2v) is 6.80. The lowest BCUT2D eigenvalue weighted by atomic mass is 10.2. The van der Waals surface area contributed by atoms with Gasteiger partial charge in [0.05, 0.1) is 11.9 Å². The minimum absolute atomic E-state index is 0.204. The van der Waals surface area contributed by atoms with Gasteiger partial charge >= 0.3 is 0 Å². The number of hydrogen-bond acceptors (Lipinski definition) is 4. The molecule has 7 nitrogen and oxygen atoms in total. The summed E-state index contributed by atoms with van der Waals surface area (Å²) in [6, 6.07) is 5.24. The molecule has 124 valence electrons. The highest BCUT2D eigenvalue weighted by atomic mass is 32.2. The zero-order valence-electron chi connectivity index (χ0n) is 12.7. The average Bonchev–Trinajstić information content (AvgIpc) is 2.90. The van der Waals surface area contributed by atoms with Gasteiger partial charge in [0.2, 0.25) is 10.0 Å². The number of nitrogens with one attached hydrogen (secondary N) is 3. The van der Waals surface area contributed by atoms with E-state index in [2.05, 4.69) is 15.5 Å². The van der Waals surface area contributed by atoms with Gasteiger partial charge in [-0.1, -0.05) is 13.3 Å². The topological polar surface area (TPSA) is 104 Å². The first kappa shape index (κ1) is 16.9. The molecule has 0 bridgehead atoms. The Labute approximate surface area is 133 Å². The van der Waals surface area contributed by atoms with Gasteiger partial charge < -0.3 is 5.32 Å². The first-order chi connectivity index (χ1) is 10.8. The van der Waals surface area contributed by atoms with E-state index < -0.39 is 21.7 Å². The van der Waals surface area contributed by atoms with Crippen LogP contribution in [0.2, 0.25) is 0 Å². The van der Waals surface area contributed by atoms with E-state index >= 15 is 0 Å². The minimum Gasteiger partial charge on any atom is -0.321 e. The third-order valence-corrected chi connectivity index (χ3v) is 3.49. The number of H-pyrrole nitrogens is 1. The van der Waals surface area contributed by atoms with Crippen LogP contribution in [0.3, 0.4) is 0 Å². The monoisotopic (exact) mass is 340 g/mol. The lowest BCUT2D eigenvalue weighted by Crippen LogP contribution is -2.14. The molecule has 1 amide bonds. The normalized spacial score (nSPS) is 11.3. The number of amides is 1. The summed E-state index contributed by atoms with van der Waals surface area (Å²) in [5.41, 5.74) is 1.06. The maximum atomic E-state index is 13.6. The molecule has 0 spiro atoms. The fraction of sp³-hybridized carbons (Fsp3) is 0.286. The number of hydrogen-bond donors (Lipinski definition) is 3. The van der Waals surface area contributed by atoms with E-state index in [-0.39, 0.29) is 17.1 Å². The van der Waals surface area contributed by atoms with Crippen LogP contribution in [-0.2, 0) is 16.4 Å². The van der Waals surface area contributed by atoms with Crippen LogP contribution in [0.1, 0.15) is 29.5 Å². The largest absolute Gasteiger partial charge is 0.321 e. The maximum Gasteiger partial charge on any atom is 0.276 e. The second kappa shape index (κ2) is 6.78. The number of aromatic nitrogens is 2. The molecule has 0 aliphatic carbocycles. The summed E-state index contributed by atoms with van der Waals surface area (Å²) in [6.07, 6.45) is 2.61. The van der Waals surface area contributed by atoms with Crippen LogP contribution in [0, 0.1) is 5.82 Å². The van der Waals surface area contributed by atoms with E-state index in [1.807, 2.05) is 11.6 Å². The molecule has 0 atom stereocenters. The fourth-order valence-electron chi connectivity index (χ4n) is 1.95. The molecule has 0 aliphatic rings. The third-order valence-electron chi connectivity index (χ3n) is 2.90. The first-order valence-electron chi connectivity index (χ1n) is 6.91. The number of sulfonamides is 1. The summed E-state index contributed by atoms with van der Waals surface area (Å²) in [6.45, 7) is 2.01. The van der Waals surface area contributed by atoms with E-state index in [1.165, 1.54) is 12.1 Å². The molecule has 0 fully saturated rings. The van der Waals surface area contributed by atoms with E-state index in [0.717, 1.165) is 30.9 Å². The number of aryl methyl sites for hydroxylation is 1. The van der Waals surface area contributed by atoms with Crippen LogP contribution in [-0.4, -0.2) is 30.8 Å². The molecule has 0 radical (unpaired) electrons. The van der Waals surface area contributed by atoms with Crippen molar-refractivity contribution >= 4 is 27.3 Å². The Kier molecular flexibility index (Phi) is 4.99. The van der Waals surface area contributed by atoms with Crippen molar-refractivity contribution in [3.8, 4) is 0 Å². The number of carbonyl (C=O) groups is 1. The Morgan fingerprint density at radius 3 is 2.74 bits per heavy atom. The maximum absolute atomic E-state index is 13.6. The van der Waals surface area contributed by atoms with Crippen molar-refractivity contribution in [3.63, 3.8) is 0 Å². The van der Waals surface area contributed by atoms with E-state index in [1.54, 1.807) is 6.07 Å². The van der Waals surface area contributed by atoms with E-state index in [9.17, 15) is 17.6 Å². The van der Waals surface area contributed by atoms with Gasteiger partial charge in [-0.2, -0.15) is 5.10 Å². The number of benzene rings is 1. The molecule has 9 heteroatoms. The number of nitrogens with zero attached hydrogens (tertiary/aromatic N) is 1. The highest BCUT2D eigenvalue weighted by Gasteiger charge is 2.13. The molecule has 3 N–H and O–H groups in total. The molecule has 1 aromatic carbocycles. The smallest absolute Gasteiger partial charge is 0.276 e. The molecule has 0 saturated carbocycles. The Hall–Kier alpha value is -2.42. The summed E-state index contributed by atoms with van der Waals surface area (Å²) < 4.78 is 38.0. The number of anilines is 2. The van der Waals surface area contributed by atoms with E-state index in [4.69, 9.17) is 0 Å². The van der Waals surface area contributed by atoms with Crippen molar-refractivity contribution in [3.05, 3.63) is 41.5 Å². The van der Waals surface area contributed by atoms with Crippen LogP contribution in [0.25, 0.3) is 0 Å². The van der Waals surface area contributed by atoms with Crippen LogP contribution in [0.4, 0.5) is 15.8 Å². The van der Waals surface area contributed by atoms with Crippen molar-refractivity contribution in [1.29, 1.82) is 0 Å². The van der Waals surface area contributed by atoms with Gasteiger partial charge in [-0.3, -0.25) is 14.6 Å². The molecule has 2 rings (SSSR count). The lowest BCUT2D eigenvalue weighted by molar-refractivity contribution is 0.102. The van der Waals surface area contributed by atoms with Crippen molar-refractivity contribution < 1.29 is 17.6 Å². The molecular formula is C14H17FN4O3S. The van der Waals surface area contributed by atoms with Crippen LogP contribution in [0.15, 0.2) is 24.3 Å². The second-order valence-electron chi connectivity index (χ2n) is 5.05. The van der Waals surface area contributed by atoms with Gasteiger partial charge in [-0.15, -0.1) is 0 Å². The molecule has 23 heavy (non-hydrogen) atoms. The summed E-state index contributed by atoms with van der Waals surface area (Å²) in [7, 11) is -3.62. The molecular weight excluding hydrogens is 323 g/mol. The number of aromatic amines is 1. The van der Waals surface area contributed by atoms with Gasteiger partial charge in [-0.25, -0.2) is 12.8 Å². The predicted octanol–water partition coefficient (Wildman–Crippen LogP) is 2.13. The van der Waals surface area contributed by atoms with Gasteiger partial charge in [0.25, 0.3) is 5.91 Å². The fourth-order valence-corrected chi connectivity index (χ4v) is 2.51. The molecule has 2 aromatic rings. The highest BCUT2D eigenvalue weighted by molar-refractivity contribution is 7.92. The van der Waals surface area contributed by atoms with Gasteiger partial charge in [0.1, 0.15) is 5.82 Å². The standard InChI is InChI=1S/C14H17FN4O3S/c1-3-4-10-8-13(18-17-10)14(20)16-9-5-6-11(15)12(7-9)19-23(2,21)22/h5-8,19H,3-4H2,1-2H3,(H,16,20)(H,17,18). The van der Waals surface area contributed by atoms with Crippen LogP contribution < -0.4 is 10.0 Å². The predicted molar refractivity (Wildman–Crippen MR) is 85.4 cm³/mol. The molecule has 0 unspecified atom stereocenters. The van der Waals surface area contributed by atoms with Crippen molar-refractivity contribution in [2.24, 2.45) is 0 Å². The molecule has 1 aromatic heterocycles. The summed E-state index contributed by atoms with van der Waals surface area (Å²) in [5, 5.41) is 9.21. The van der Waals surface area contributed by atoms with E-state index in [0.29, 0.717) is 0 Å². The Morgan fingerprint density at radius 1 is 1.35 bits per heavy atom. The summed E-state index contributed by atoms with van der Waals surface area (Å²) in [4.78, 5) is 12.1. The highest BCUT2D eigenvalue weighted by Crippen LogP contribution is 2.21. The lowest BCUT2D eigenvalue weighted by Gasteiger charge is -2.08. The Balaban J connectivity index is 2.15. The van der Waals surface area contributed by atoms with Gasteiger partial charge in [0.15, 0.2) is 5.69 Å². The van der Waals surface area contributed by atoms with Crippen molar-refractivity contribution in [1.82, 2.24) is 10.2 Å². The Bertz CT molecular complexity index is 817. The number of rotatable bonds is 6. The number of halogens is 1. The molecule has 1 heterocycles. The summed E-state index contributed by atoms with van der Waals surface area (Å²) in [5.74, 6) is -1.21. The average molecular weight is 340 g/mol. The van der Waals surface area contributed by atoms with Crippen molar-refractivity contribution in [2.75, 3.05) is 16.3 Å².